The van der Waals surface area contributed by atoms with Gasteiger partial charge in [0.05, 0.1) is 11.4 Å². The largest absolute Gasteiger partial charge is 0.352 e. The van der Waals surface area contributed by atoms with Gasteiger partial charge in [-0.1, -0.05) is 24.1 Å². The van der Waals surface area contributed by atoms with Crippen LogP contribution in [0.5, 0.6) is 0 Å². The molecule has 36 heavy (non-hydrogen) atoms. The van der Waals surface area contributed by atoms with Crippen LogP contribution in [-0.2, 0) is 0 Å². The molecular weight excluding hydrogens is 448 g/mol. The molecule has 0 aliphatic carbocycles. The van der Waals surface area contributed by atoms with Crippen molar-refractivity contribution >= 4 is 5.91 Å². The van der Waals surface area contributed by atoms with Gasteiger partial charge in [0.2, 0.25) is 0 Å². The molecule has 0 radical (unpaired) electrons. The van der Waals surface area contributed by atoms with Crippen LogP contribution >= 0.6 is 0 Å². The summed E-state index contributed by atoms with van der Waals surface area (Å²) in [5.41, 5.74) is 3.50. The summed E-state index contributed by atoms with van der Waals surface area (Å²) in [7, 11) is 0. The molecule has 7 nitrogen and oxygen atoms in total. The smallest absolute Gasteiger partial charge is 0.256 e. The lowest BCUT2D eigenvalue weighted by molar-refractivity contribution is 0.0902. The van der Waals surface area contributed by atoms with Crippen molar-refractivity contribution in [3.63, 3.8) is 0 Å². The zero-order valence-electron chi connectivity index (χ0n) is 21.8. The standard InChI is InChI=1S/C29H40N6O/c1-23-9-11-26(12-10-23)35-29(34-19-6-7-20-34)27(24(2)31-35)28(36)30-15-8-16-32-21-13-25(14-22-32)33-17-4-3-5-18-33/h6-7,9-12,19-20,25H,3-5,8,13-18,21-22H2,1-2H3,(H,30,36). The first-order chi connectivity index (χ1) is 17.6. The summed E-state index contributed by atoms with van der Waals surface area (Å²) in [5, 5.41) is 7.93. The van der Waals surface area contributed by atoms with Crippen molar-refractivity contribution in [1.82, 2.24) is 29.5 Å². The van der Waals surface area contributed by atoms with E-state index >= 15 is 0 Å². The van der Waals surface area contributed by atoms with E-state index in [0.29, 0.717) is 12.1 Å². The maximum Gasteiger partial charge on any atom is 0.256 e. The van der Waals surface area contributed by atoms with E-state index in [4.69, 9.17) is 5.10 Å². The Morgan fingerprint density at radius 1 is 0.972 bits per heavy atom. The number of piperidine rings is 2. The first-order valence-electron chi connectivity index (χ1n) is 13.6. The Morgan fingerprint density at radius 2 is 1.67 bits per heavy atom. The second-order valence-electron chi connectivity index (χ2n) is 10.4. The molecule has 2 aliphatic rings. The molecule has 2 aromatic heterocycles. The zero-order valence-corrected chi connectivity index (χ0v) is 21.8. The Labute approximate surface area is 215 Å². The molecule has 1 amide bonds. The second-order valence-corrected chi connectivity index (χ2v) is 10.4. The molecule has 1 aromatic carbocycles. The van der Waals surface area contributed by atoms with Crippen molar-refractivity contribution in [3.8, 4) is 11.5 Å². The molecule has 0 spiro atoms. The summed E-state index contributed by atoms with van der Waals surface area (Å²) < 4.78 is 3.84. The van der Waals surface area contributed by atoms with E-state index in [9.17, 15) is 4.79 Å². The van der Waals surface area contributed by atoms with Crippen molar-refractivity contribution in [2.75, 3.05) is 39.3 Å². The average Bonchev–Trinajstić information content (AvgIpc) is 3.56. The third-order valence-electron chi connectivity index (χ3n) is 7.79. The maximum atomic E-state index is 13.4. The summed E-state index contributed by atoms with van der Waals surface area (Å²) in [6, 6.07) is 13.0. The van der Waals surface area contributed by atoms with E-state index in [2.05, 4.69) is 34.2 Å². The molecule has 7 heteroatoms. The fourth-order valence-corrected chi connectivity index (χ4v) is 5.75. The number of aromatic nitrogens is 3. The minimum absolute atomic E-state index is 0.0571. The number of carbonyl (C=O) groups excluding carboxylic acids is 1. The van der Waals surface area contributed by atoms with Crippen LogP contribution < -0.4 is 5.32 Å². The third-order valence-corrected chi connectivity index (χ3v) is 7.79. The van der Waals surface area contributed by atoms with Gasteiger partial charge in [-0.05, 0) is 103 Å². The van der Waals surface area contributed by atoms with E-state index in [0.717, 1.165) is 36.2 Å². The van der Waals surface area contributed by atoms with Crippen LogP contribution in [0.3, 0.4) is 0 Å². The molecule has 2 aliphatic heterocycles. The molecule has 2 fully saturated rings. The van der Waals surface area contributed by atoms with Crippen molar-refractivity contribution in [2.45, 2.75) is 58.4 Å². The minimum Gasteiger partial charge on any atom is -0.352 e. The van der Waals surface area contributed by atoms with E-state index in [1.807, 2.05) is 52.8 Å². The Kier molecular flexibility index (Phi) is 7.87. The molecule has 1 N–H and O–H groups in total. The number of nitrogens with zero attached hydrogens (tertiary/aromatic N) is 5. The predicted octanol–water partition coefficient (Wildman–Crippen LogP) is 4.35. The zero-order chi connectivity index (χ0) is 24.9. The maximum absolute atomic E-state index is 13.4. The molecule has 2 saturated heterocycles. The quantitative estimate of drug-likeness (QED) is 0.479. The Morgan fingerprint density at radius 3 is 2.36 bits per heavy atom. The van der Waals surface area contributed by atoms with E-state index in [1.165, 1.54) is 63.8 Å². The Balaban J connectivity index is 1.18. The third kappa shape index (κ3) is 5.57. The van der Waals surface area contributed by atoms with Gasteiger partial charge in [-0.15, -0.1) is 0 Å². The van der Waals surface area contributed by atoms with Gasteiger partial charge < -0.3 is 19.7 Å². The number of carbonyl (C=O) groups is 1. The first kappa shape index (κ1) is 24.8. The topological polar surface area (TPSA) is 58.3 Å². The monoisotopic (exact) mass is 488 g/mol. The van der Waals surface area contributed by atoms with Gasteiger partial charge in [0, 0.05) is 25.0 Å². The van der Waals surface area contributed by atoms with Crippen molar-refractivity contribution in [2.24, 2.45) is 0 Å². The van der Waals surface area contributed by atoms with Gasteiger partial charge in [-0.2, -0.15) is 5.10 Å². The summed E-state index contributed by atoms with van der Waals surface area (Å²) in [6.45, 7) is 10.6. The number of amides is 1. The van der Waals surface area contributed by atoms with Gasteiger partial charge in [-0.3, -0.25) is 4.79 Å². The fraction of sp³-hybridized carbons (Fsp3) is 0.517. The number of nitrogens with one attached hydrogen (secondary N) is 1. The van der Waals surface area contributed by atoms with Crippen LogP contribution in [0.1, 0.15) is 60.1 Å². The van der Waals surface area contributed by atoms with Crippen LogP contribution in [-0.4, -0.2) is 75.4 Å². The van der Waals surface area contributed by atoms with Crippen molar-refractivity contribution < 1.29 is 4.79 Å². The normalized spacial score (nSPS) is 17.9. The summed E-state index contributed by atoms with van der Waals surface area (Å²) in [5.74, 6) is 0.719. The number of hydrogen-bond acceptors (Lipinski definition) is 4. The Hall–Kier alpha value is -2.90. The van der Waals surface area contributed by atoms with E-state index in [1.54, 1.807) is 0 Å². The van der Waals surface area contributed by atoms with Crippen LogP contribution in [0.25, 0.3) is 11.5 Å². The molecule has 192 valence electrons. The lowest BCUT2D eigenvalue weighted by atomic mass is 10.00. The SMILES string of the molecule is Cc1ccc(-n2nc(C)c(C(=O)NCCCN3CCC(N4CCCCC4)CC3)c2-n2cccc2)cc1. The molecule has 0 atom stereocenters. The predicted molar refractivity (Wildman–Crippen MR) is 144 cm³/mol. The molecular formula is C29H40N6O. The lowest BCUT2D eigenvalue weighted by Crippen LogP contribution is -2.47. The van der Waals surface area contributed by atoms with Gasteiger partial charge in [-0.25, -0.2) is 4.68 Å². The van der Waals surface area contributed by atoms with Gasteiger partial charge >= 0.3 is 0 Å². The second kappa shape index (κ2) is 11.4. The number of aryl methyl sites for hydroxylation is 2. The highest BCUT2D eigenvalue weighted by Crippen LogP contribution is 2.24. The molecule has 0 unspecified atom stereocenters. The van der Waals surface area contributed by atoms with Crippen LogP contribution in [0.4, 0.5) is 0 Å². The van der Waals surface area contributed by atoms with Crippen molar-refractivity contribution in [3.05, 3.63) is 65.6 Å². The average molecular weight is 489 g/mol. The Bertz CT molecular complexity index is 1120. The van der Waals surface area contributed by atoms with Gasteiger partial charge in [0.25, 0.3) is 5.91 Å². The van der Waals surface area contributed by atoms with E-state index < -0.39 is 0 Å². The summed E-state index contributed by atoms with van der Waals surface area (Å²) in [4.78, 5) is 18.6. The molecule has 3 aromatic rings. The number of rotatable bonds is 8. The minimum atomic E-state index is -0.0571. The highest BCUT2D eigenvalue weighted by atomic mass is 16.1. The molecule has 5 rings (SSSR count). The number of benzene rings is 1. The highest BCUT2D eigenvalue weighted by Gasteiger charge is 2.26. The van der Waals surface area contributed by atoms with Crippen LogP contribution in [0.2, 0.25) is 0 Å². The van der Waals surface area contributed by atoms with Crippen molar-refractivity contribution in [1.29, 1.82) is 0 Å². The van der Waals surface area contributed by atoms with Crippen LogP contribution in [0, 0.1) is 13.8 Å². The first-order valence-corrected chi connectivity index (χ1v) is 13.6. The molecule has 4 heterocycles. The highest BCUT2D eigenvalue weighted by molar-refractivity contribution is 5.98. The lowest BCUT2D eigenvalue weighted by Gasteiger charge is -2.40. The molecule has 0 saturated carbocycles. The number of hydrogen-bond donors (Lipinski definition) is 1. The number of likely N-dealkylation sites (tertiary alicyclic amines) is 2. The summed E-state index contributed by atoms with van der Waals surface area (Å²) in [6.07, 6.45) is 11.6. The fourth-order valence-electron chi connectivity index (χ4n) is 5.75. The summed E-state index contributed by atoms with van der Waals surface area (Å²) >= 11 is 0. The van der Waals surface area contributed by atoms with Crippen LogP contribution in [0.15, 0.2) is 48.8 Å². The van der Waals surface area contributed by atoms with E-state index in [-0.39, 0.29) is 5.91 Å². The van der Waals surface area contributed by atoms with Gasteiger partial charge in [0.1, 0.15) is 5.56 Å². The molecule has 0 bridgehead atoms. The van der Waals surface area contributed by atoms with Gasteiger partial charge in [0.15, 0.2) is 5.82 Å².